The lowest BCUT2D eigenvalue weighted by Gasteiger charge is -2.10. The molecule has 12 aromatic rings. The van der Waals surface area contributed by atoms with Crippen molar-refractivity contribution in [2.24, 2.45) is 0 Å². The minimum atomic E-state index is 0.547. The Labute approximate surface area is 357 Å². The zero-order chi connectivity index (χ0) is 41.0. The first-order valence-electron chi connectivity index (χ1n) is 20.8. The second kappa shape index (κ2) is 14.7. The molecule has 0 saturated heterocycles. The van der Waals surface area contributed by atoms with Gasteiger partial charge in [0.25, 0.3) is 0 Å². The Morgan fingerprint density at radius 3 is 1.42 bits per heavy atom. The van der Waals surface area contributed by atoms with Gasteiger partial charge in [-0.15, -0.1) is 0 Å². The van der Waals surface area contributed by atoms with Crippen LogP contribution in [0.25, 0.3) is 117 Å². The Hall–Kier alpha value is -8.41. The summed E-state index contributed by atoms with van der Waals surface area (Å²) < 4.78 is 9.27. The van der Waals surface area contributed by atoms with Crippen molar-refractivity contribution >= 4 is 43.7 Å². The molecule has 5 nitrogen and oxygen atoms in total. The summed E-state index contributed by atoms with van der Waals surface area (Å²) in [5, 5.41) is 4.32. The minimum absolute atomic E-state index is 0.547. The van der Waals surface area contributed by atoms with Crippen LogP contribution in [-0.4, -0.2) is 19.5 Å². The lowest BCUT2D eigenvalue weighted by Crippen LogP contribution is -2.00. The minimum Gasteiger partial charge on any atom is -0.455 e. The van der Waals surface area contributed by atoms with Crippen molar-refractivity contribution in [3.63, 3.8) is 0 Å². The average Bonchev–Trinajstić information content (AvgIpc) is 3.89. The normalized spacial score (nSPS) is 11.5. The van der Waals surface area contributed by atoms with Crippen LogP contribution < -0.4 is 0 Å². The molecule has 0 radical (unpaired) electrons. The molecule has 0 atom stereocenters. The molecular formula is C57H36N4O. The van der Waals surface area contributed by atoms with Gasteiger partial charge in [-0.3, -0.25) is 0 Å². The van der Waals surface area contributed by atoms with Gasteiger partial charge in [-0.25, -0.2) is 15.0 Å². The highest BCUT2D eigenvalue weighted by Crippen LogP contribution is 2.41. The van der Waals surface area contributed by atoms with E-state index in [1.807, 2.05) is 12.1 Å². The van der Waals surface area contributed by atoms with E-state index in [4.69, 9.17) is 19.4 Å². The van der Waals surface area contributed by atoms with E-state index in [0.29, 0.717) is 17.5 Å². The van der Waals surface area contributed by atoms with Crippen LogP contribution in [0, 0.1) is 0 Å². The fourth-order valence-electron chi connectivity index (χ4n) is 8.81. The number of para-hydroxylation sites is 2. The molecule has 0 unspecified atom stereocenters. The van der Waals surface area contributed by atoms with Gasteiger partial charge in [0.15, 0.2) is 17.5 Å². The van der Waals surface area contributed by atoms with Gasteiger partial charge in [0.1, 0.15) is 11.2 Å². The van der Waals surface area contributed by atoms with E-state index in [9.17, 15) is 0 Å². The fourth-order valence-corrected chi connectivity index (χ4v) is 8.81. The van der Waals surface area contributed by atoms with Gasteiger partial charge in [-0.2, -0.15) is 0 Å². The van der Waals surface area contributed by atoms with Crippen molar-refractivity contribution in [2.45, 2.75) is 0 Å². The Bertz CT molecular complexity index is 3490. The van der Waals surface area contributed by atoms with Gasteiger partial charge in [0, 0.05) is 38.4 Å². The van der Waals surface area contributed by atoms with Gasteiger partial charge in [-0.05, 0) is 69.8 Å². The Morgan fingerprint density at radius 2 is 0.790 bits per heavy atom. The van der Waals surface area contributed by atoms with E-state index in [1.54, 1.807) is 0 Å². The molecule has 62 heavy (non-hydrogen) atoms. The highest BCUT2D eigenvalue weighted by atomic mass is 16.3. The molecule has 0 saturated carbocycles. The molecule has 0 spiro atoms. The standard InChI is InChI=1S/C57H36N4O/c1-4-14-37(15-5-1)40-26-30-42(31-27-40)55-58-56(43-32-28-41(29-33-43)38-16-6-2-7-17-38)60-57(59-55)48-24-13-23-47-50-35-52-49(36-53(50)62-54(47)48)46-22-10-11-25-51(46)61(52)45-21-12-20-44(34-45)39-18-8-3-9-19-39/h1-36H. The van der Waals surface area contributed by atoms with E-state index < -0.39 is 0 Å². The van der Waals surface area contributed by atoms with E-state index in [0.717, 1.165) is 83.0 Å². The van der Waals surface area contributed by atoms with Crippen LogP contribution >= 0.6 is 0 Å². The number of benzene rings is 9. The Kier molecular flexibility index (Phi) is 8.42. The molecule has 0 N–H and O–H groups in total. The number of hydrogen-bond donors (Lipinski definition) is 0. The van der Waals surface area contributed by atoms with Crippen LogP contribution in [0.5, 0.6) is 0 Å². The van der Waals surface area contributed by atoms with Gasteiger partial charge in [-0.1, -0.05) is 182 Å². The zero-order valence-electron chi connectivity index (χ0n) is 33.5. The smallest absolute Gasteiger partial charge is 0.167 e. The number of fused-ring (bicyclic) bond motifs is 6. The van der Waals surface area contributed by atoms with E-state index in [1.165, 1.54) is 16.5 Å². The van der Waals surface area contributed by atoms with Gasteiger partial charge < -0.3 is 8.98 Å². The highest BCUT2D eigenvalue weighted by Gasteiger charge is 2.21. The van der Waals surface area contributed by atoms with Crippen molar-refractivity contribution in [3.05, 3.63) is 218 Å². The van der Waals surface area contributed by atoms with E-state index in [2.05, 4.69) is 211 Å². The zero-order valence-corrected chi connectivity index (χ0v) is 33.5. The summed E-state index contributed by atoms with van der Waals surface area (Å²) in [6, 6.07) is 76.3. The molecule has 3 heterocycles. The summed E-state index contributed by atoms with van der Waals surface area (Å²) in [5.74, 6) is 1.73. The predicted molar refractivity (Wildman–Crippen MR) is 254 cm³/mol. The Morgan fingerprint density at radius 1 is 0.306 bits per heavy atom. The maximum absolute atomic E-state index is 6.90. The fraction of sp³-hybridized carbons (Fsp3) is 0. The molecule has 0 amide bonds. The molecular weight excluding hydrogens is 757 g/mol. The molecule has 3 aromatic heterocycles. The lowest BCUT2D eigenvalue weighted by atomic mass is 10.0. The molecule has 9 aromatic carbocycles. The first kappa shape index (κ1) is 35.5. The summed E-state index contributed by atoms with van der Waals surface area (Å²) in [4.78, 5) is 15.4. The maximum Gasteiger partial charge on any atom is 0.167 e. The van der Waals surface area contributed by atoms with Crippen LogP contribution in [0.3, 0.4) is 0 Å². The summed E-state index contributed by atoms with van der Waals surface area (Å²) in [5.41, 5.74) is 14.4. The molecule has 5 heteroatoms. The van der Waals surface area contributed by atoms with Gasteiger partial charge in [0.05, 0.1) is 16.6 Å². The first-order valence-corrected chi connectivity index (χ1v) is 20.8. The van der Waals surface area contributed by atoms with Crippen molar-refractivity contribution in [1.29, 1.82) is 0 Å². The first-order chi connectivity index (χ1) is 30.7. The van der Waals surface area contributed by atoms with Crippen molar-refractivity contribution < 1.29 is 4.42 Å². The van der Waals surface area contributed by atoms with Gasteiger partial charge >= 0.3 is 0 Å². The average molecular weight is 793 g/mol. The monoisotopic (exact) mass is 792 g/mol. The molecule has 290 valence electrons. The second-order valence-electron chi connectivity index (χ2n) is 15.6. The Balaban J connectivity index is 1.02. The quantitative estimate of drug-likeness (QED) is 0.161. The van der Waals surface area contributed by atoms with E-state index in [-0.39, 0.29) is 0 Å². The largest absolute Gasteiger partial charge is 0.455 e. The molecule has 0 aliphatic heterocycles. The summed E-state index contributed by atoms with van der Waals surface area (Å²) in [6.07, 6.45) is 0. The summed E-state index contributed by atoms with van der Waals surface area (Å²) in [6.45, 7) is 0. The third kappa shape index (κ3) is 6.14. The molecule has 0 fully saturated rings. The van der Waals surface area contributed by atoms with Crippen molar-refractivity contribution in [1.82, 2.24) is 19.5 Å². The van der Waals surface area contributed by atoms with E-state index >= 15 is 0 Å². The number of aromatic nitrogens is 4. The molecule has 0 aliphatic rings. The summed E-state index contributed by atoms with van der Waals surface area (Å²) in [7, 11) is 0. The molecule has 0 aliphatic carbocycles. The molecule has 0 bridgehead atoms. The van der Waals surface area contributed by atoms with Crippen LogP contribution in [-0.2, 0) is 0 Å². The number of hydrogen-bond acceptors (Lipinski definition) is 4. The third-order valence-electron chi connectivity index (χ3n) is 11.9. The van der Waals surface area contributed by atoms with Crippen LogP contribution in [0.1, 0.15) is 0 Å². The summed E-state index contributed by atoms with van der Waals surface area (Å²) >= 11 is 0. The molecule has 12 rings (SSSR count). The topological polar surface area (TPSA) is 56.7 Å². The van der Waals surface area contributed by atoms with Gasteiger partial charge in [0.2, 0.25) is 0 Å². The third-order valence-corrected chi connectivity index (χ3v) is 11.9. The highest BCUT2D eigenvalue weighted by molar-refractivity contribution is 6.18. The predicted octanol–water partition coefficient (Wildman–Crippen LogP) is 14.9. The SMILES string of the molecule is c1ccc(-c2ccc(-c3nc(-c4ccc(-c5ccccc5)cc4)nc(-c4cccc5c4oc4cc6c7ccccc7n(-c7cccc(-c8ccccc8)c7)c6cc45)n3)cc2)cc1. The van der Waals surface area contributed by atoms with Crippen LogP contribution in [0.2, 0.25) is 0 Å². The lowest BCUT2D eigenvalue weighted by molar-refractivity contribution is 0.670. The second-order valence-corrected chi connectivity index (χ2v) is 15.6. The van der Waals surface area contributed by atoms with Crippen molar-refractivity contribution in [2.75, 3.05) is 0 Å². The van der Waals surface area contributed by atoms with Crippen molar-refractivity contribution in [3.8, 4) is 73.2 Å². The van der Waals surface area contributed by atoms with Crippen LogP contribution in [0.4, 0.5) is 0 Å². The van der Waals surface area contributed by atoms with Crippen LogP contribution in [0.15, 0.2) is 223 Å². The number of rotatable bonds is 7. The number of furan rings is 1. The number of nitrogens with zero attached hydrogens (tertiary/aromatic N) is 4. The maximum atomic E-state index is 6.90.